The third-order valence-corrected chi connectivity index (χ3v) is 1.98. The fraction of sp³-hybridized carbons (Fsp3) is 0.286. The average molecular weight is 183 g/mol. The Morgan fingerprint density at radius 1 is 1.75 bits per heavy atom. The van der Waals surface area contributed by atoms with E-state index in [1.165, 1.54) is 11.3 Å². The summed E-state index contributed by atoms with van der Waals surface area (Å²) in [6, 6.07) is 0. The maximum absolute atomic E-state index is 11.2. The molecule has 0 spiro atoms. The van der Waals surface area contributed by atoms with Gasteiger partial charge in [-0.1, -0.05) is 17.4 Å². The van der Waals surface area contributed by atoms with Gasteiger partial charge in [-0.3, -0.25) is 10.1 Å². The second-order valence-electron chi connectivity index (χ2n) is 2.17. The molecular formula is C7H9N3OS. The van der Waals surface area contributed by atoms with E-state index in [2.05, 4.69) is 15.5 Å². The molecular weight excluding hydrogens is 174 g/mol. The number of hydrogen-bond acceptors (Lipinski definition) is 4. The number of hydrogen-bond donors (Lipinski definition) is 1. The summed E-state index contributed by atoms with van der Waals surface area (Å²) in [5, 5.41) is 10.4. The first-order chi connectivity index (χ1) is 5.74. The number of allylic oxidation sites excluding steroid dienone is 1. The first-order valence-corrected chi connectivity index (χ1v) is 4.32. The number of amides is 1. The van der Waals surface area contributed by atoms with Crippen LogP contribution in [0.3, 0.4) is 0 Å². The van der Waals surface area contributed by atoms with Gasteiger partial charge in [-0.15, -0.1) is 10.2 Å². The van der Waals surface area contributed by atoms with Crippen LogP contribution in [0.5, 0.6) is 0 Å². The van der Waals surface area contributed by atoms with Crippen molar-refractivity contribution in [3.8, 4) is 0 Å². The van der Waals surface area contributed by atoms with Crippen LogP contribution < -0.4 is 5.32 Å². The highest BCUT2D eigenvalue weighted by Gasteiger charge is 2.04. The van der Waals surface area contributed by atoms with Crippen LogP contribution in [0.25, 0.3) is 0 Å². The van der Waals surface area contributed by atoms with Gasteiger partial charge in [0.25, 0.3) is 5.91 Å². The molecule has 1 amide bonds. The Balaban J connectivity index is 2.59. The van der Waals surface area contributed by atoms with Crippen molar-refractivity contribution < 1.29 is 4.79 Å². The van der Waals surface area contributed by atoms with Crippen LogP contribution in [0.15, 0.2) is 17.2 Å². The highest BCUT2D eigenvalue weighted by molar-refractivity contribution is 7.13. The van der Waals surface area contributed by atoms with E-state index >= 15 is 0 Å². The molecule has 0 aliphatic heterocycles. The van der Waals surface area contributed by atoms with E-state index in [9.17, 15) is 4.79 Å². The minimum atomic E-state index is -0.130. The van der Waals surface area contributed by atoms with Crippen molar-refractivity contribution in [1.29, 1.82) is 0 Å². The first-order valence-electron chi connectivity index (χ1n) is 3.44. The van der Waals surface area contributed by atoms with Gasteiger partial charge in [0, 0.05) is 5.57 Å². The molecule has 64 valence electrons. The van der Waals surface area contributed by atoms with E-state index in [-0.39, 0.29) is 5.91 Å². The summed E-state index contributed by atoms with van der Waals surface area (Å²) in [4.78, 5) is 11.2. The molecule has 1 aromatic heterocycles. The molecule has 0 aliphatic rings. The standard InChI is InChI=1S/C7H9N3OS/c1-3-5(2)6(11)9-7-10-8-4-12-7/h3-4H,1-2H3,(H,9,10,11). The lowest BCUT2D eigenvalue weighted by atomic mass is 10.3. The van der Waals surface area contributed by atoms with Crippen LogP contribution in [0.2, 0.25) is 0 Å². The lowest BCUT2D eigenvalue weighted by Gasteiger charge is -1.98. The second-order valence-corrected chi connectivity index (χ2v) is 3.00. The topological polar surface area (TPSA) is 54.9 Å². The summed E-state index contributed by atoms with van der Waals surface area (Å²) in [5.74, 6) is -0.130. The van der Waals surface area contributed by atoms with Crippen LogP contribution in [-0.2, 0) is 4.79 Å². The summed E-state index contributed by atoms with van der Waals surface area (Å²) in [5.41, 5.74) is 2.24. The van der Waals surface area contributed by atoms with Gasteiger partial charge in [0.2, 0.25) is 5.13 Å². The molecule has 0 bridgehead atoms. The van der Waals surface area contributed by atoms with Gasteiger partial charge in [0.05, 0.1) is 0 Å². The van der Waals surface area contributed by atoms with Gasteiger partial charge in [-0.05, 0) is 13.8 Å². The lowest BCUT2D eigenvalue weighted by molar-refractivity contribution is -0.112. The minimum absolute atomic E-state index is 0.130. The molecule has 5 heteroatoms. The number of anilines is 1. The molecule has 1 N–H and O–H groups in total. The van der Waals surface area contributed by atoms with Crippen LogP contribution in [0.1, 0.15) is 13.8 Å². The molecule has 0 unspecified atom stereocenters. The number of carbonyl (C=O) groups excluding carboxylic acids is 1. The predicted octanol–water partition coefficient (Wildman–Crippen LogP) is 1.44. The maximum Gasteiger partial charge on any atom is 0.252 e. The molecule has 1 heterocycles. The number of carbonyl (C=O) groups is 1. The zero-order valence-corrected chi connectivity index (χ0v) is 7.68. The van der Waals surface area contributed by atoms with Crippen molar-refractivity contribution in [3.63, 3.8) is 0 Å². The molecule has 1 aromatic rings. The van der Waals surface area contributed by atoms with Crippen molar-refractivity contribution in [2.45, 2.75) is 13.8 Å². The first kappa shape index (κ1) is 8.86. The second kappa shape index (κ2) is 3.96. The van der Waals surface area contributed by atoms with E-state index < -0.39 is 0 Å². The van der Waals surface area contributed by atoms with E-state index in [0.717, 1.165) is 0 Å². The van der Waals surface area contributed by atoms with Gasteiger partial charge in [-0.25, -0.2) is 0 Å². The molecule has 0 aromatic carbocycles. The molecule has 0 saturated heterocycles. The summed E-state index contributed by atoms with van der Waals surface area (Å²) < 4.78 is 0. The van der Waals surface area contributed by atoms with Gasteiger partial charge in [0.1, 0.15) is 5.51 Å². The van der Waals surface area contributed by atoms with Crippen LogP contribution >= 0.6 is 11.3 Å². The predicted molar refractivity (Wildman–Crippen MR) is 48.0 cm³/mol. The minimum Gasteiger partial charge on any atom is -0.297 e. The molecule has 12 heavy (non-hydrogen) atoms. The van der Waals surface area contributed by atoms with Gasteiger partial charge < -0.3 is 0 Å². The van der Waals surface area contributed by atoms with Crippen molar-refractivity contribution in [2.75, 3.05) is 5.32 Å². The third kappa shape index (κ3) is 2.13. The number of nitrogens with zero attached hydrogens (tertiary/aromatic N) is 2. The van der Waals surface area contributed by atoms with Gasteiger partial charge >= 0.3 is 0 Å². The fourth-order valence-corrected chi connectivity index (χ4v) is 0.994. The molecule has 0 aliphatic carbocycles. The Morgan fingerprint density at radius 2 is 2.50 bits per heavy atom. The number of rotatable bonds is 2. The van der Waals surface area contributed by atoms with Crippen molar-refractivity contribution in [3.05, 3.63) is 17.2 Å². The number of aromatic nitrogens is 2. The monoisotopic (exact) mass is 183 g/mol. The highest BCUT2D eigenvalue weighted by Crippen LogP contribution is 2.09. The van der Waals surface area contributed by atoms with Crippen LogP contribution in [0.4, 0.5) is 5.13 Å². The smallest absolute Gasteiger partial charge is 0.252 e. The third-order valence-electron chi connectivity index (χ3n) is 1.37. The Bertz CT molecular complexity index is 292. The molecule has 0 saturated carbocycles. The van der Waals surface area contributed by atoms with Gasteiger partial charge in [0.15, 0.2) is 0 Å². The van der Waals surface area contributed by atoms with E-state index in [0.29, 0.717) is 10.7 Å². The maximum atomic E-state index is 11.2. The van der Waals surface area contributed by atoms with E-state index in [4.69, 9.17) is 0 Å². The van der Waals surface area contributed by atoms with Crippen molar-refractivity contribution >= 4 is 22.4 Å². The van der Waals surface area contributed by atoms with Crippen molar-refractivity contribution in [1.82, 2.24) is 10.2 Å². The zero-order valence-electron chi connectivity index (χ0n) is 6.87. The van der Waals surface area contributed by atoms with Crippen LogP contribution in [0, 0.1) is 0 Å². The van der Waals surface area contributed by atoms with Crippen LogP contribution in [-0.4, -0.2) is 16.1 Å². The normalized spacial score (nSPS) is 11.3. The van der Waals surface area contributed by atoms with Gasteiger partial charge in [-0.2, -0.15) is 0 Å². The molecule has 4 nitrogen and oxygen atoms in total. The fourth-order valence-electron chi connectivity index (χ4n) is 0.554. The Hall–Kier alpha value is -1.23. The lowest BCUT2D eigenvalue weighted by Crippen LogP contribution is -2.12. The van der Waals surface area contributed by atoms with E-state index in [1.807, 2.05) is 6.92 Å². The van der Waals surface area contributed by atoms with E-state index in [1.54, 1.807) is 18.5 Å². The summed E-state index contributed by atoms with van der Waals surface area (Å²) in [6.07, 6.45) is 1.75. The Kier molecular flexibility index (Phi) is 2.93. The quantitative estimate of drug-likeness (QED) is 0.706. The number of nitrogens with one attached hydrogen (secondary N) is 1. The summed E-state index contributed by atoms with van der Waals surface area (Å²) in [7, 11) is 0. The zero-order chi connectivity index (χ0) is 8.97. The Labute approximate surface area is 74.3 Å². The molecule has 0 atom stereocenters. The largest absolute Gasteiger partial charge is 0.297 e. The highest BCUT2D eigenvalue weighted by atomic mass is 32.1. The summed E-state index contributed by atoms with van der Waals surface area (Å²) >= 11 is 1.30. The molecule has 0 fully saturated rings. The molecule has 1 rings (SSSR count). The average Bonchev–Trinajstić information content (AvgIpc) is 2.55. The summed E-state index contributed by atoms with van der Waals surface area (Å²) in [6.45, 7) is 3.56. The Morgan fingerprint density at radius 3 is 3.00 bits per heavy atom. The SMILES string of the molecule is CC=C(C)C(=O)Nc1nncs1. The molecule has 0 radical (unpaired) electrons. The van der Waals surface area contributed by atoms with Crippen molar-refractivity contribution in [2.24, 2.45) is 0 Å².